The minimum atomic E-state index is -3.97. The molecular formula is C38H50ClN3O6S. The zero-order valence-corrected chi connectivity index (χ0v) is 30.9. The van der Waals surface area contributed by atoms with Gasteiger partial charge in [0.15, 0.2) is 5.90 Å². The summed E-state index contributed by atoms with van der Waals surface area (Å²) in [5.41, 5.74) is 2.34. The summed E-state index contributed by atoms with van der Waals surface area (Å²) in [6, 6.07) is 11.2. The van der Waals surface area contributed by atoms with Crippen LogP contribution < -0.4 is 14.4 Å². The number of carbonyl (C=O) groups is 1. The molecule has 2 aromatic rings. The summed E-state index contributed by atoms with van der Waals surface area (Å²) in [5, 5.41) is -0.0994. The molecule has 0 spiro atoms. The molecule has 1 N–H and O–H groups in total. The number of nitrogens with one attached hydrogen (secondary N) is 1. The van der Waals surface area contributed by atoms with Gasteiger partial charge in [-0.05, 0) is 119 Å². The Bertz CT molecular complexity index is 1730. The molecule has 6 rings (SSSR count). The van der Waals surface area contributed by atoms with E-state index in [1.807, 2.05) is 25.1 Å². The SMILES string of the molecule is CO[C@]1(CC2=NC(C)(C)CO2)/C=C/C[C@H](C)[C@@H](C)S(=O)(=O)NC(=O)c2ccc3c(c2)N(CCCCc2cc(Cl)ccc2CO3)C[C@@H]2CC[C@H]21. The van der Waals surface area contributed by atoms with E-state index in [2.05, 4.69) is 35.6 Å². The van der Waals surface area contributed by atoms with E-state index in [0.29, 0.717) is 42.7 Å². The van der Waals surface area contributed by atoms with Crippen LogP contribution in [0.15, 0.2) is 53.5 Å². The molecule has 11 heteroatoms. The number of carbonyl (C=O) groups excluding carboxylic acids is 1. The number of amides is 1. The normalized spacial score (nSPS) is 30.5. The molecule has 0 aromatic heterocycles. The molecule has 0 radical (unpaired) electrons. The van der Waals surface area contributed by atoms with Crippen molar-refractivity contribution in [2.45, 2.75) is 95.6 Å². The topological polar surface area (TPSA) is 107 Å². The molecule has 1 saturated carbocycles. The predicted octanol–water partition coefficient (Wildman–Crippen LogP) is 7.11. The number of fused-ring (bicyclic) bond motifs is 3. The lowest BCUT2D eigenvalue weighted by molar-refractivity contribution is -0.0721. The van der Waals surface area contributed by atoms with E-state index in [4.69, 9.17) is 30.8 Å². The van der Waals surface area contributed by atoms with Gasteiger partial charge in [0.1, 0.15) is 19.0 Å². The first kappa shape index (κ1) is 35.7. The molecule has 2 aromatic carbocycles. The van der Waals surface area contributed by atoms with E-state index in [1.165, 1.54) is 5.56 Å². The quantitative estimate of drug-likeness (QED) is 0.338. The smallest absolute Gasteiger partial charge is 0.264 e. The van der Waals surface area contributed by atoms with Gasteiger partial charge in [0.2, 0.25) is 10.0 Å². The van der Waals surface area contributed by atoms with E-state index < -0.39 is 26.8 Å². The van der Waals surface area contributed by atoms with Gasteiger partial charge in [0.25, 0.3) is 5.91 Å². The second-order valence-corrected chi connectivity index (χ2v) is 17.4. The largest absolute Gasteiger partial charge is 0.487 e. The molecule has 9 nitrogen and oxygen atoms in total. The summed E-state index contributed by atoms with van der Waals surface area (Å²) in [5.74, 6) is 0.911. The van der Waals surface area contributed by atoms with Crippen LogP contribution in [0.25, 0.3) is 0 Å². The minimum absolute atomic E-state index is 0.175. The third-order valence-electron chi connectivity index (χ3n) is 11.0. The Balaban J connectivity index is 1.42. The van der Waals surface area contributed by atoms with Crippen LogP contribution in [0, 0.1) is 17.8 Å². The zero-order chi connectivity index (χ0) is 35.0. The van der Waals surface area contributed by atoms with E-state index in [0.717, 1.165) is 56.4 Å². The highest BCUT2D eigenvalue weighted by atomic mass is 35.5. The Morgan fingerprint density at radius 2 is 1.90 bits per heavy atom. The number of aliphatic imine (C=N–C) groups is 1. The van der Waals surface area contributed by atoms with Crippen molar-refractivity contribution in [1.29, 1.82) is 0 Å². The number of hydrogen-bond acceptors (Lipinski definition) is 8. The van der Waals surface area contributed by atoms with Gasteiger partial charge in [-0.15, -0.1) is 0 Å². The molecule has 0 unspecified atom stereocenters. The first-order valence-corrected chi connectivity index (χ1v) is 19.5. The van der Waals surface area contributed by atoms with Crippen LogP contribution in [-0.2, 0) is 32.5 Å². The van der Waals surface area contributed by atoms with Crippen molar-refractivity contribution in [2.24, 2.45) is 22.7 Å². The minimum Gasteiger partial charge on any atom is -0.487 e. The third kappa shape index (κ3) is 7.81. The van der Waals surface area contributed by atoms with Crippen molar-refractivity contribution in [3.8, 4) is 5.75 Å². The second kappa shape index (κ2) is 14.3. The van der Waals surface area contributed by atoms with Crippen LogP contribution in [-0.4, -0.2) is 63.4 Å². The predicted molar refractivity (Wildman–Crippen MR) is 194 cm³/mol. The number of rotatable bonds is 3. The number of hydrogen-bond donors (Lipinski definition) is 1. The maximum atomic E-state index is 13.5. The van der Waals surface area contributed by atoms with Crippen LogP contribution in [0.3, 0.4) is 0 Å². The third-order valence-corrected chi connectivity index (χ3v) is 13.1. The number of nitrogens with zero attached hydrogens (tertiary/aromatic N) is 2. The Hall–Kier alpha value is -3.08. The van der Waals surface area contributed by atoms with E-state index in [-0.39, 0.29) is 28.9 Å². The summed E-state index contributed by atoms with van der Waals surface area (Å²) in [7, 11) is -2.21. The van der Waals surface area contributed by atoms with Crippen LogP contribution in [0.1, 0.15) is 87.7 Å². The van der Waals surface area contributed by atoms with Crippen molar-refractivity contribution in [3.05, 3.63) is 70.3 Å². The summed E-state index contributed by atoms with van der Waals surface area (Å²) < 4.78 is 48.4. The highest BCUT2D eigenvalue weighted by Crippen LogP contribution is 2.48. The van der Waals surface area contributed by atoms with Gasteiger partial charge in [0, 0.05) is 30.8 Å². The maximum Gasteiger partial charge on any atom is 0.264 e. The number of ether oxygens (including phenoxy) is 3. The number of sulfonamides is 1. The molecule has 1 aliphatic carbocycles. The molecule has 3 heterocycles. The van der Waals surface area contributed by atoms with Crippen molar-refractivity contribution < 1.29 is 27.4 Å². The lowest BCUT2D eigenvalue weighted by atomic mass is 9.63. The number of benzene rings is 2. The van der Waals surface area contributed by atoms with Gasteiger partial charge in [0.05, 0.1) is 28.5 Å². The highest BCUT2D eigenvalue weighted by molar-refractivity contribution is 7.90. The molecule has 5 atom stereocenters. The van der Waals surface area contributed by atoms with Crippen LogP contribution in [0.2, 0.25) is 5.02 Å². The van der Waals surface area contributed by atoms with Crippen LogP contribution in [0.5, 0.6) is 5.75 Å². The van der Waals surface area contributed by atoms with Crippen LogP contribution in [0.4, 0.5) is 5.69 Å². The average molecular weight is 712 g/mol. The van der Waals surface area contributed by atoms with Gasteiger partial charge in [-0.1, -0.05) is 36.7 Å². The lowest BCUT2D eigenvalue weighted by Gasteiger charge is -2.50. The monoisotopic (exact) mass is 711 g/mol. The molecule has 1 fully saturated rings. The number of halogens is 1. The Morgan fingerprint density at radius 3 is 2.61 bits per heavy atom. The molecule has 1 amide bonds. The average Bonchev–Trinajstić information content (AvgIpc) is 3.37. The first-order chi connectivity index (χ1) is 23.3. The molecule has 49 heavy (non-hydrogen) atoms. The Kier molecular flexibility index (Phi) is 10.4. The molecular weight excluding hydrogens is 662 g/mol. The van der Waals surface area contributed by atoms with Crippen LogP contribution >= 0.6 is 11.6 Å². The lowest BCUT2D eigenvalue weighted by Crippen LogP contribution is -2.52. The Labute approximate surface area is 296 Å². The highest BCUT2D eigenvalue weighted by Gasteiger charge is 2.49. The van der Waals surface area contributed by atoms with Gasteiger partial charge in [-0.3, -0.25) is 4.79 Å². The van der Waals surface area contributed by atoms with Crippen molar-refractivity contribution in [3.63, 3.8) is 0 Å². The van der Waals surface area contributed by atoms with Gasteiger partial charge in [-0.2, -0.15) is 0 Å². The summed E-state index contributed by atoms with van der Waals surface area (Å²) >= 11 is 6.38. The van der Waals surface area contributed by atoms with Crippen molar-refractivity contribution in [1.82, 2.24) is 4.72 Å². The number of aryl methyl sites for hydroxylation is 1. The standard InChI is InChI=1S/C38H50ClN3O6S/c1-25-9-8-17-38(46-5,21-35-40-37(3,4)24-48-35)32-15-12-29(32)22-42-18-7-6-10-27-19-31(39)14-11-30(27)23-47-34-16-13-28(20-33(34)42)36(43)41-49(44,45)26(25)2/h8,11,13-14,16-17,19-20,25-26,29,32H,6-7,9-10,12,15,18,21-24H2,1-5H3,(H,41,43)/b17-8+/t25-,26+,29-,32+,38-/m0/s1. The Morgan fingerprint density at radius 1 is 1.08 bits per heavy atom. The molecule has 4 aliphatic rings. The first-order valence-electron chi connectivity index (χ1n) is 17.6. The van der Waals surface area contributed by atoms with Crippen molar-refractivity contribution in [2.75, 3.05) is 31.7 Å². The van der Waals surface area contributed by atoms with E-state index >= 15 is 0 Å². The fourth-order valence-electron chi connectivity index (χ4n) is 7.65. The van der Waals surface area contributed by atoms with Gasteiger partial charge < -0.3 is 19.1 Å². The fourth-order valence-corrected chi connectivity index (χ4v) is 9.13. The molecule has 3 aliphatic heterocycles. The molecule has 266 valence electrons. The molecule has 2 bridgehead atoms. The fraction of sp³-hybridized carbons (Fsp3) is 0.579. The maximum absolute atomic E-state index is 13.5. The van der Waals surface area contributed by atoms with E-state index in [1.54, 1.807) is 32.2 Å². The van der Waals surface area contributed by atoms with Gasteiger partial charge in [-0.25, -0.2) is 18.1 Å². The number of methoxy groups -OCH3 is 1. The zero-order valence-electron chi connectivity index (χ0n) is 29.3. The number of anilines is 1. The second-order valence-electron chi connectivity index (χ2n) is 15.0. The van der Waals surface area contributed by atoms with Gasteiger partial charge >= 0.3 is 0 Å². The summed E-state index contributed by atoms with van der Waals surface area (Å²) in [4.78, 5) is 20.8. The summed E-state index contributed by atoms with van der Waals surface area (Å²) in [6.45, 7) is 10.0. The van der Waals surface area contributed by atoms with E-state index in [9.17, 15) is 13.2 Å². The number of allylic oxidation sites excluding steroid dienone is 1. The van der Waals surface area contributed by atoms with Crippen molar-refractivity contribution >= 4 is 39.1 Å². The summed E-state index contributed by atoms with van der Waals surface area (Å²) in [6.07, 6.45) is 9.97. The molecule has 0 saturated heterocycles.